The van der Waals surface area contributed by atoms with Crippen molar-refractivity contribution >= 4 is 5.69 Å². The third-order valence-corrected chi connectivity index (χ3v) is 4.91. The minimum Gasteiger partial charge on any atom is -0.399 e. The lowest BCUT2D eigenvalue weighted by atomic mass is 9.83. The monoisotopic (exact) mass is 290 g/mol. The maximum absolute atomic E-state index is 6.13. The van der Waals surface area contributed by atoms with Crippen LogP contribution in [-0.2, 0) is 16.0 Å². The minimum atomic E-state index is 0.0660. The molecule has 0 aliphatic carbocycles. The van der Waals surface area contributed by atoms with E-state index >= 15 is 0 Å². The molecule has 116 valence electrons. The SMILES string of the molecule is CN(Cc1ccc(N)cc1)C1CCOC2(CCOCC2)C1. The maximum atomic E-state index is 6.13. The van der Waals surface area contributed by atoms with E-state index in [9.17, 15) is 0 Å². The van der Waals surface area contributed by atoms with E-state index in [1.165, 1.54) is 5.56 Å². The molecule has 0 bridgehead atoms. The van der Waals surface area contributed by atoms with Gasteiger partial charge in [0.05, 0.1) is 5.60 Å². The highest BCUT2D eigenvalue weighted by atomic mass is 16.5. The molecular formula is C17H26N2O2. The first-order chi connectivity index (χ1) is 10.2. The predicted molar refractivity (Wildman–Crippen MR) is 84.1 cm³/mol. The molecule has 0 radical (unpaired) electrons. The van der Waals surface area contributed by atoms with Crippen molar-refractivity contribution in [1.82, 2.24) is 4.90 Å². The zero-order valence-corrected chi connectivity index (χ0v) is 12.9. The van der Waals surface area contributed by atoms with Crippen molar-refractivity contribution in [3.8, 4) is 0 Å². The summed E-state index contributed by atoms with van der Waals surface area (Å²) in [7, 11) is 2.22. The molecule has 1 unspecified atom stereocenters. The maximum Gasteiger partial charge on any atom is 0.0741 e. The molecule has 1 atom stereocenters. The number of rotatable bonds is 3. The Kier molecular flexibility index (Phi) is 4.48. The fourth-order valence-electron chi connectivity index (χ4n) is 3.51. The third kappa shape index (κ3) is 3.57. The van der Waals surface area contributed by atoms with E-state index in [1.807, 2.05) is 12.1 Å². The van der Waals surface area contributed by atoms with Gasteiger partial charge in [-0.15, -0.1) is 0 Å². The third-order valence-electron chi connectivity index (χ3n) is 4.91. The Hall–Kier alpha value is -1.10. The summed E-state index contributed by atoms with van der Waals surface area (Å²) in [6, 6.07) is 8.79. The molecule has 2 saturated heterocycles. The van der Waals surface area contributed by atoms with Crippen LogP contribution in [0.2, 0.25) is 0 Å². The van der Waals surface area contributed by atoms with E-state index in [0.717, 1.165) is 57.7 Å². The Balaban J connectivity index is 1.61. The van der Waals surface area contributed by atoms with Crippen LogP contribution in [0.25, 0.3) is 0 Å². The second kappa shape index (κ2) is 6.34. The number of benzene rings is 1. The molecule has 4 heteroatoms. The summed E-state index contributed by atoms with van der Waals surface area (Å²) in [5, 5.41) is 0. The van der Waals surface area contributed by atoms with E-state index in [0.29, 0.717) is 6.04 Å². The van der Waals surface area contributed by atoms with Crippen LogP contribution >= 0.6 is 0 Å². The topological polar surface area (TPSA) is 47.7 Å². The van der Waals surface area contributed by atoms with Gasteiger partial charge in [0.25, 0.3) is 0 Å². The Bertz CT molecular complexity index is 449. The fraction of sp³-hybridized carbons (Fsp3) is 0.647. The van der Waals surface area contributed by atoms with E-state index in [2.05, 4.69) is 24.1 Å². The number of hydrogen-bond acceptors (Lipinski definition) is 4. The van der Waals surface area contributed by atoms with Gasteiger partial charge in [0.15, 0.2) is 0 Å². The largest absolute Gasteiger partial charge is 0.399 e. The molecule has 0 saturated carbocycles. The van der Waals surface area contributed by atoms with Gasteiger partial charge >= 0.3 is 0 Å². The lowest BCUT2D eigenvalue weighted by Gasteiger charge is -2.45. The normalized spacial score (nSPS) is 25.3. The summed E-state index contributed by atoms with van der Waals surface area (Å²) in [4.78, 5) is 2.46. The standard InChI is InChI=1S/C17H26N2O2/c1-19(13-14-2-4-15(18)5-3-14)16-6-9-21-17(12-16)7-10-20-11-8-17/h2-5,16H,6-13,18H2,1H3. The summed E-state index contributed by atoms with van der Waals surface area (Å²) in [6.07, 6.45) is 4.33. The summed E-state index contributed by atoms with van der Waals surface area (Å²) in [6.45, 7) is 3.52. The second-order valence-corrected chi connectivity index (χ2v) is 6.45. The van der Waals surface area contributed by atoms with Crippen molar-refractivity contribution in [2.24, 2.45) is 0 Å². The first-order valence-corrected chi connectivity index (χ1v) is 7.93. The molecule has 0 amide bonds. The van der Waals surface area contributed by atoms with Gasteiger partial charge < -0.3 is 15.2 Å². The van der Waals surface area contributed by atoms with Gasteiger partial charge in [-0.2, -0.15) is 0 Å². The summed E-state index contributed by atoms with van der Waals surface area (Å²) in [5.41, 5.74) is 7.96. The zero-order valence-electron chi connectivity index (χ0n) is 12.9. The Labute approximate surface area is 127 Å². The molecule has 21 heavy (non-hydrogen) atoms. The average Bonchev–Trinajstić information content (AvgIpc) is 2.50. The molecule has 2 fully saturated rings. The minimum absolute atomic E-state index is 0.0660. The van der Waals surface area contributed by atoms with E-state index < -0.39 is 0 Å². The molecule has 2 N–H and O–H groups in total. The molecule has 4 nitrogen and oxygen atoms in total. The van der Waals surface area contributed by atoms with Crippen LogP contribution in [0, 0.1) is 0 Å². The van der Waals surface area contributed by atoms with E-state index in [-0.39, 0.29) is 5.60 Å². The van der Waals surface area contributed by atoms with Crippen molar-refractivity contribution < 1.29 is 9.47 Å². The van der Waals surface area contributed by atoms with Crippen LogP contribution < -0.4 is 5.73 Å². The van der Waals surface area contributed by atoms with E-state index in [4.69, 9.17) is 15.2 Å². The van der Waals surface area contributed by atoms with Crippen molar-refractivity contribution in [3.05, 3.63) is 29.8 Å². The van der Waals surface area contributed by atoms with Crippen molar-refractivity contribution in [3.63, 3.8) is 0 Å². The van der Waals surface area contributed by atoms with Crippen LogP contribution in [0.4, 0.5) is 5.69 Å². The molecule has 1 aromatic carbocycles. The predicted octanol–water partition coefficient (Wildman–Crippen LogP) is 2.43. The van der Waals surface area contributed by atoms with Gasteiger partial charge in [-0.25, -0.2) is 0 Å². The van der Waals surface area contributed by atoms with E-state index in [1.54, 1.807) is 0 Å². The first-order valence-electron chi connectivity index (χ1n) is 7.93. The van der Waals surface area contributed by atoms with Crippen LogP contribution in [0.5, 0.6) is 0 Å². The Morgan fingerprint density at radius 2 is 1.90 bits per heavy atom. The van der Waals surface area contributed by atoms with Crippen molar-refractivity contribution in [2.45, 2.75) is 43.9 Å². The van der Waals surface area contributed by atoms with Crippen molar-refractivity contribution in [1.29, 1.82) is 0 Å². The highest BCUT2D eigenvalue weighted by Crippen LogP contribution is 2.36. The quantitative estimate of drug-likeness (QED) is 0.869. The Morgan fingerprint density at radius 3 is 2.62 bits per heavy atom. The van der Waals surface area contributed by atoms with Gasteiger partial charge in [0.1, 0.15) is 0 Å². The Morgan fingerprint density at radius 1 is 1.19 bits per heavy atom. The highest BCUT2D eigenvalue weighted by molar-refractivity contribution is 5.39. The second-order valence-electron chi connectivity index (χ2n) is 6.45. The van der Waals surface area contributed by atoms with Crippen molar-refractivity contribution in [2.75, 3.05) is 32.6 Å². The zero-order chi connectivity index (χ0) is 14.7. The van der Waals surface area contributed by atoms with Gasteiger partial charge in [0, 0.05) is 38.1 Å². The smallest absolute Gasteiger partial charge is 0.0741 e. The lowest BCUT2D eigenvalue weighted by Crippen LogP contribution is -2.50. The van der Waals surface area contributed by atoms with Gasteiger partial charge in [0.2, 0.25) is 0 Å². The molecule has 1 aromatic rings. The van der Waals surface area contributed by atoms with Crippen LogP contribution in [0.1, 0.15) is 31.2 Å². The number of anilines is 1. The number of nitrogens with zero attached hydrogens (tertiary/aromatic N) is 1. The number of nitrogen functional groups attached to an aromatic ring is 1. The van der Waals surface area contributed by atoms with Crippen LogP contribution in [0.3, 0.4) is 0 Å². The number of nitrogens with two attached hydrogens (primary N) is 1. The van der Waals surface area contributed by atoms with Gasteiger partial charge in [-0.05, 0) is 50.4 Å². The summed E-state index contributed by atoms with van der Waals surface area (Å²) in [5.74, 6) is 0. The molecule has 2 aliphatic rings. The number of hydrogen-bond donors (Lipinski definition) is 1. The molecule has 2 aliphatic heterocycles. The fourth-order valence-corrected chi connectivity index (χ4v) is 3.51. The lowest BCUT2D eigenvalue weighted by molar-refractivity contribution is -0.150. The molecule has 3 rings (SSSR count). The molecular weight excluding hydrogens is 264 g/mol. The van der Waals surface area contributed by atoms with Gasteiger partial charge in [-0.1, -0.05) is 12.1 Å². The highest BCUT2D eigenvalue weighted by Gasteiger charge is 2.39. The average molecular weight is 290 g/mol. The molecule has 1 spiro atoms. The summed E-state index contributed by atoms with van der Waals surface area (Å²) >= 11 is 0. The van der Waals surface area contributed by atoms with Crippen LogP contribution in [-0.4, -0.2) is 43.4 Å². The molecule has 0 aromatic heterocycles. The first kappa shape index (κ1) is 14.8. The number of ether oxygens (including phenoxy) is 2. The summed E-state index contributed by atoms with van der Waals surface area (Å²) < 4.78 is 11.6. The van der Waals surface area contributed by atoms with Crippen LogP contribution in [0.15, 0.2) is 24.3 Å². The molecule has 2 heterocycles. The van der Waals surface area contributed by atoms with Gasteiger partial charge in [-0.3, -0.25) is 4.90 Å².